The molecule has 2 nitrogen and oxygen atoms in total. The fourth-order valence-corrected chi connectivity index (χ4v) is 2.90. The Labute approximate surface area is 109 Å². The number of hydrogen-bond donors (Lipinski definition) is 1. The van der Waals surface area contributed by atoms with E-state index >= 15 is 0 Å². The average Bonchev–Trinajstić information content (AvgIpc) is 2.57. The van der Waals surface area contributed by atoms with Crippen molar-refractivity contribution in [2.24, 2.45) is 5.73 Å². The van der Waals surface area contributed by atoms with Crippen molar-refractivity contribution in [1.82, 2.24) is 0 Å². The van der Waals surface area contributed by atoms with Gasteiger partial charge in [0.2, 0.25) is 0 Å². The van der Waals surface area contributed by atoms with E-state index in [4.69, 9.17) is 18.0 Å². The zero-order valence-corrected chi connectivity index (χ0v) is 11.6. The first kappa shape index (κ1) is 12.4. The van der Waals surface area contributed by atoms with Gasteiger partial charge in [0.25, 0.3) is 0 Å². The van der Waals surface area contributed by atoms with Crippen LogP contribution in [0.1, 0.15) is 37.8 Å². The molecular weight excluding hydrogens is 228 g/mol. The molecule has 0 bridgehead atoms. The molecule has 0 amide bonds. The van der Waals surface area contributed by atoms with Crippen LogP contribution in [0.2, 0.25) is 0 Å². The van der Waals surface area contributed by atoms with Crippen LogP contribution in [0.4, 0.5) is 5.69 Å². The third-order valence-corrected chi connectivity index (χ3v) is 3.89. The Kier molecular flexibility index (Phi) is 3.13. The molecule has 0 aromatic heterocycles. The summed E-state index contributed by atoms with van der Waals surface area (Å²) < 4.78 is 0. The first-order valence-corrected chi connectivity index (χ1v) is 6.51. The Morgan fingerprint density at radius 3 is 2.65 bits per heavy atom. The minimum atomic E-state index is 0.200. The van der Waals surface area contributed by atoms with Crippen LogP contribution >= 0.6 is 12.2 Å². The summed E-state index contributed by atoms with van der Waals surface area (Å²) in [6.07, 6.45) is 2.45. The molecule has 1 aliphatic heterocycles. The molecule has 0 atom stereocenters. The van der Waals surface area contributed by atoms with Crippen LogP contribution < -0.4 is 10.6 Å². The third kappa shape index (κ3) is 2.16. The summed E-state index contributed by atoms with van der Waals surface area (Å²) in [5.74, 6) is 0. The van der Waals surface area contributed by atoms with Gasteiger partial charge in [-0.15, -0.1) is 0 Å². The normalized spacial score (nSPS) is 18.4. The minimum Gasteiger partial charge on any atom is -0.389 e. The van der Waals surface area contributed by atoms with Crippen molar-refractivity contribution in [1.29, 1.82) is 0 Å². The molecule has 1 fully saturated rings. The van der Waals surface area contributed by atoms with Gasteiger partial charge in [-0.05, 0) is 45.2 Å². The van der Waals surface area contributed by atoms with Crippen molar-refractivity contribution < 1.29 is 0 Å². The number of thiocarbonyl (C=S) groups is 1. The summed E-state index contributed by atoms with van der Waals surface area (Å²) in [7, 11) is 0. The van der Waals surface area contributed by atoms with E-state index in [0.717, 1.165) is 12.1 Å². The van der Waals surface area contributed by atoms with Crippen LogP contribution in [0.25, 0.3) is 0 Å². The van der Waals surface area contributed by atoms with Gasteiger partial charge in [0.1, 0.15) is 4.99 Å². The van der Waals surface area contributed by atoms with Gasteiger partial charge in [-0.1, -0.05) is 24.4 Å². The van der Waals surface area contributed by atoms with Gasteiger partial charge in [-0.3, -0.25) is 0 Å². The minimum absolute atomic E-state index is 0.200. The SMILES string of the molecule is Cc1cccc(C(N)=S)c1N1CCCC1(C)C. The quantitative estimate of drug-likeness (QED) is 0.816. The number of hydrogen-bond acceptors (Lipinski definition) is 2. The zero-order valence-electron chi connectivity index (χ0n) is 10.8. The van der Waals surface area contributed by atoms with Gasteiger partial charge < -0.3 is 10.6 Å². The fraction of sp³-hybridized carbons (Fsp3) is 0.500. The maximum Gasteiger partial charge on any atom is 0.106 e. The van der Waals surface area contributed by atoms with Crippen molar-refractivity contribution in [3.8, 4) is 0 Å². The van der Waals surface area contributed by atoms with Crippen molar-refractivity contribution in [3.63, 3.8) is 0 Å². The van der Waals surface area contributed by atoms with Crippen molar-refractivity contribution >= 4 is 22.9 Å². The van der Waals surface area contributed by atoms with E-state index in [2.05, 4.69) is 31.7 Å². The van der Waals surface area contributed by atoms with Crippen LogP contribution in [0, 0.1) is 6.92 Å². The van der Waals surface area contributed by atoms with Crippen molar-refractivity contribution in [2.45, 2.75) is 39.2 Å². The standard InChI is InChI=1S/C14H20N2S/c1-10-6-4-7-11(13(15)17)12(10)16-9-5-8-14(16,2)3/h4,6-7H,5,8-9H2,1-3H3,(H2,15,17). The molecule has 1 heterocycles. The molecular formula is C14H20N2S. The Hall–Kier alpha value is -1.09. The summed E-state index contributed by atoms with van der Waals surface area (Å²) >= 11 is 5.17. The average molecular weight is 248 g/mol. The van der Waals surface area contributed by atoms with Gasteiger partial charge in [-0.2, -0.15) is 0 Å². The zero-order chi connectivity index (χ0) is 12.6. The first-order valence-electron chi connectivity index (χ1n) is 6.10. The van der Waals surface area contributed by atoms with E-state index in [1.165, 1.54) is 24.1 Å². The predicted molar refractivity (Wildman–Crippen MR) is 77.7 cm³/mol. The van der Waals surface area contributed by atoms with Crippen LogP contribution in [0.3, 0.4) is 0 Å². The van der Waals surface area contributed by atoms with Crippen LogP contribution in [-0.2, 0) is 0 Å². The Bertz CT molecular complexity index is 452. The highest BCUT2D eigenvalue weighted by atomic mass is 32.1. The van der Waals surface area contributed by atoms with E-state index < -0.39 is 0 Å². The van der Waals surface area contributed by atoms with Crippen LogP contribution in [-0.4, -0.2) is 17.1 Å². The highest BCUT2D eigenvalue weighted by Crippen LogP contribution is 2.37. The number of para-hydroxylation sites is 1. The van der Waals surface area contributed by atoms with Gasteiger partial charge in [0.15, 0.2) is 0 Å². The maximum atomic E-state index is 5.84. The van der Waals surface area contributed by atoms with Crippen LogP contribution in [0.5, 0.6) is 0 Å². The van der Waals surface area contributed by atoms with Gasteiger partial charge in [0, 0.05) is 17.6 Å². The maximum absolute atomic E-state index is 5.84. The lowest BCUT2D eigenvalue weighted by Gasteiger charge is -2.36. The summed E-state index contributed by atoms with van der Waals surface area (Å²) in [4.78, 5) is 2.95. The lowest BCUT2D eigenvalue weighted by molar-refractivity contribution is 0.517. The topological polar surface area (TPSA) is 29.3 Å². The second-order valence-electron chi connectivity index (χ2n) is 5.40. The fourth-order valence-electron chi connectivity index (χ4n) is 2.74. The van der Waals surface area contributed by atoms with E-state index in [9.17, 15) is 0 Å². The molecule has 0 radical (unpaired) electrons. The molecule has 0 aliphatic carbocycles. The molecule has 0 saturated carbocycles. The summed E-state index contributed by atoms with van der Waals surface area (Å²) in [6.45, 7) is 7.80. The second kappa shape index (κ2) is 4.30. The van der Waals surface area contributed by atoms with Crippen LogP contribution in [0.15, 0.2) is 18.2 Å². The smallest absolute Gasteiger partial charge is 0.106 e. The molecule has 1 aromatic carbocycles. The Morgan fingerprint density at radius 1 is 1.41 bits per heavy atom. The van der Waals surface area contributed by atoms with Gasteiger partial charge in [0.05, 0.1) is 5.69 Å². The first-order chi connectivity index (χ1) is 7.93. The number of aryl methyl sites for hydroxylation is 1. The predicted octanol–water partition coefficient (Wildman–Crippen LogP) is 3.01. The molecule has 1 aromatic rings. The number of anilines is 1. The molecule has 1 aliphatic rings. The summed E-state index contributed by atoms with van der Waals surface area (Å²) in [5.41, 5.74) is 9.53. The van der Waals surface area contributed by atoms with Crippen molar-refractivity contribution in [3.05, 3.63) is 29.3 Å². The number of nitrogens with two attached hydrogens (primary N) is 1. The summed E-state index contributed by atoms with van der Waals surface area (Å²) in [5, 5.41) is 0. The monoisotopic (exact) mass is 248 g/mol. The van der Waals surface area contributed by atoms with E-state index in [-0.39, 0.29) is 5.54 Å². The Morgan fingerprint density at radius 2 is 2.12 bits per heavy atom. The molecule has 0 spiro atoms. The highest BCUT2D eigenvalue weighted by molar-refractivity contribution is 7.80. The number of nitrogens with zero attached hydrogens (tertiary/aromatic N) is 1. The molecule has 92 valence electrons. The van der Waals surface area contributed by atoms with E-state index in [0.29, 0.717) is 4.99 Å². The number of rotatable bonds is 2. The van der Waals surface area contributed by atoms with E-state index in [1.54, 1.807) is 0 Å². The van der Waals surface area contributed by atoms with Gasteiger partial charge in [-0.25, -0.2) is 0 Å². The molecule has 2 rings (SSSR count). The lowest BCUT2D eigenvalue weighted by atomic mass is 9.99. The lowest BCUT2D eigenvalue weighted by Crippen LogP contribution is -2.39. The van der Waals surface area contributed by atoms with E-state index in [1.807, 2.05) is 12.1 Å². The highest BCUT2D eigenvalue weighted by Gasteiger charge is 2.34. The molecule has 1 saturated heterocycles. The van der Waals surface area contributed by atoms with Crippen molar-refractivity contribution in [2.75, 3.05) is 11.4 Å². The van der Waals surface area contributed by atoms with Gasteiger partial charge >= 0.3 is 0 Å². The molecule has 3 heteroatoms. The molecule has 17 heavy (non-hydrogen) atoms. The molecule has 0 unspecified atom stereocenters. The summed E-state index contributed by atoms with van der Waals surface area (Å²) in [6, 6.07) is 6.18. The Balaban J connectivity index is 2.54. The largest absolute Gasteiger partial charge is 0.389 e. The second-order valence-corrected chi connectivity index (χ2v) is 5.84. The molecule has 2 N–H and O–H groups in total. The third-order valence-electron chi connectivity index (χ3n) is 3.67. The number of benzene rings is 1.